The molecule has 3 nitrogen and oxygen atoms in total. The Hall–Kier alpha value is -2.69. The third-order valence-electron chi connectivity index (χ3n) is 2.68. The highest BCUT2D eigenvalue weighted by Crippen LogP contribution is 2.27. The minimum atomic E-state index is -1.04. The molecule has 0 radical (unpaired) electrons. The zero-order valence-corrected chi connectivity index (χ0v) is 11.1. The maximum Gasteiger partial charge on any atom is 0.328 e. The number of aryl methyl sites for hydroxylation is 1. The third-order valence-corrected chi connectivity index (χ3v) is 2.68. The van der Waals surface area contributed by atoms with Crippen LogP contribution in [-0.2, 0) is 4.79 Å². The molecule has 0 saturated carbocycles. The Morgan fingerprint density at radius 1 is 1.14 bits per heavy atom. The Morgan fingerprint density at radius 3 is 2.38 bits per heavy atom. The Labute approximate surface area is 120 Å². The van der Waals surface area contributed by atoms with E-state index >= 15 is 0 Å². The van der Waals surface area contributed by atoms with Crippen LogP contribution in [0.3, 0.4) is 0 Å². The molecular formula is C16H12F2O3. The Bertz CT molecular complexity index is 688. The molecule has 0 aliphatic heterocycles. The van der Waals surface area contributed by atoms with Crippen LogP contribution in [0.4, 0.5) is 8.78 Å². The number of carboxylic acids is 1. The molecule has 0 amide bonds. The first-order chi connectivity index (χ1) is 9.94. The van der Waals surface area contributed by atoms with Gasteiger partial charge in [-0.15, -0.1) is 0 Å². The second-order valence-electron chi connectivity index (χ2n) is 4.40. The summed E-state index contributed by atoms with van der Waals surface area (Å²) in [6.07, 6.45) is 2.47. The molecule has 0 fully saturated rings. The summed E-state index contributed by atoms with van der Waals surface area (Å²) in [4.78, 5) is 10.4. The maximum absolute atomic E-state index is 13.1. The van der Waals surface area contributed by atoms with Gasteiger partial charge < -0.3 is 9.84 Å². The Balaban J connectivity index is 2.23. The fourth-order valence-corrected chi connectivity index (χ4v) is 1.77. The molecule has 5 heteroatoms. The molecular weight excluding hydrogens is 278 g/mol. The largest absolute Gasteiger partial charge is 0.478 e. The number of aliphatic carboxylic acids is 1. The van der Waals surface area contributed by atoms with Gasteiger partial charge in [0.2, 0.25) is 0 Å². The van der Waals surface area contributed by atoms with Gasteiger partial charge in [-0.1, -0.05) is 6.07 Å². The zero-order chi connectivity index (χ0) is 15.4. The molecule has 0 unspecified atom stereocenters. The van der Waals surface area contributed by atoms with Crippen molar-refractivity contribution >= 4 is 12.0 Å². The van der Waals surface area contributed by atoms with Crippen molar-refractivity contribution in [2.45, 2.75) is 6.92 Å². The first-order valence-corrected chi connectivity index (χ1v) is 6.09. The van der Waals surface area contributed by atoms with E-state index in [1.54, 1.807) is 25.1 Å². The normalized spacial score (nSPS) is 10.8. The number of carboxylic acid groups (broad SMARTS) is 1. The van der Waals surface area contributed by atoms with Crippen LogP contribution in [-0.4, -0.2) is 11.1 Å². The van der Waals surface area contributed by atoms with Crippen molar-refractivity contribution in [3.05, 3.63) is 65.2 Å². The molecule has 21 heavy (non-hydrogen) atoms. The van der Waals surface area contributed by atoms with E-state index in [9.17, 15) is 13.6 Å². The summed E-state index contributed by atoms with van der Waals surface area (Å²) in [7, 11) is 0. The standard InChI is InChI=1S/C16H12F2O3/c1-10-6-11(3-5-16(19)20)2-4-15(10)21-14-8-12(17)7-13(18)9-14/h2-9H,1H3,(H,19,20). The molecule has 0 aliphatic rings. The summed E-state index contributed by atoms with van der Waals surface area (Å²) in [6, 6.07) is 7.91. The van der Waals surface area contributed by atoms with Gasteiger partial charge in [-0.05, 0) is 36.3 Å². The molecule has 0 spiro atoms. The lowest BCUT2D eigenvalue weighted by atomic mass is 10.1. The van der Waals surface area contributed by atoms with Crippen LogP contribution in [0.1, 0.15) is 11.1 Å². The van der Waals surface area contributed by atoms with Crippen LogP contribution in [0.2, 0.25) is 0 Å². The fourth-order valence-electron chi connectivity index (χ4n) is 1.77. The highest BCUT2D eigenvalue weighted by molar-refractivity contribution is 5.85. The van der Waals surface area contributed by atoms with Gasteiger partial charge in [-0.3, -0.25) is 0 Å². The second kappa shape index (κ2) is 6.17. The molecule has 0 bridgehead atoms. The summed E-state index contributed by atoms with van der Waals surface area (Å²) >= 11 is 0. The van der Waals surface area contributed by atoms with Gasteiger partial charge in [0.25, 0.3) is 0 Å². The number of benzene rings is 2. The number of ether oxygens (including phenoxy) is 1. The average Bonchev–Trinajstić information content (AvgIpc) is 2.38. The van der Waals surface area contributed by atoms with Crippen LogP contribution in [0, 0.1) is 18.6 Å². The smallest absolute Gasteiger partial charge is 0.328 e. The molecule has 1 N–H and O–H groups in total. The number of carbonyl (C=O) groups is 1. The lowest BCUT2D eigenvalue weighted by Crippen LogP contribution is -1.91. The second-order valence-corrected chi connectivity index (χ2v) is 4.40. The van der Waals surface area contributed by atoms with Crippen LogP contribution in [0.25, 0.3) is 6.08 Å². The third kappa shape index (κ3) is 4.14. The lowest BCUT2D eigenvalue weighted by molar-refractivity contribution is -0.131. The summed E-state index contributed by atoms with van der Waals surface area (Å²) in [5.41, 5.74) is 1.40. The summed E-state index contributed by atoms with van der Waals surface area (Å²) in [6.45, 7) is 1.75. The molecule has 0 atom stereocenters. The van der Waals surface area contributed by atoms with Gasteiger partial charge >= 0.3 is 5.97 Å². The molecule has 0 heterocycles. The summed E-state index contributed by atoms with van der Waals surface area (Å²) in [5, 5.41) is 8.56. The summed E-state index contributed by atoms with van der Waals surface area (Å²) in [5.74, 6) is -1.98. The van der Waals surface area contributed by atoms with Gasteiger partial charge in [-0.25, -0.2) is 13.6 Å². The van der Waals surface area contributed by atoms with Crippen LogP contribution in [0.5, 0.6) is 11.5 Å². The monoisotopic (exact) mass is 290 g/mol. The minimum absolute atomic E-state index is 0.0597. The van der Waals surface area contributed by atoms with Crippen molar-refractivity contribution < 1.29 is 23.4 Å². The number of hydrogen-bond donors (Lipinski definition) is 1. The molecule has 0 aromatic heterocycles. The highest BCUT2D eigenvalue weighted by Gasteiger charge is 2.05. The van der Waals surface area contributed by atoms with Crippen molar-refractivity contribution in [2.75, 3.05) is 0 Å². The lowest BCUT2D eigenvalue weighted by Gasteiger charge is -2.09. The van der Waals surface area contributed by atoms with E-state index in [-0.39, 0.29) is 5.75 Å². The van der Waals surface area contributed by atoms with E-state index in [0.717, 1.165) is 24.3 Å². The van der Waals surface area contributed by atoms with E-state index in [2.05, 4.69) is 0 Å². The van der Waals surface area contributed by atoms with Crippen molar-refractivity contribution in [1.29, 1.82) is 0 Å². The molecule has 0 aliphatic carbocycles. The predicted molar refractivity (Wildman–Crippen MR) is 74.3 cm³/mol. The average molecular weight is 290 g/mol. The van der Waals surface area contributed by atoms with E-state index in [0.29, 0.717) is 16.9 Å². The number of halogens is 2. The van der Waals surface area contributed by atoms with Gasteiger partial charge in [0.05, 0.1) is 0 Å². The van der Waals surface area contributed by atoms with Crippen molar-refractivity contribution in [3.63, 3.8) is 0 Å². The maximum atomic E-state index is 13.1. The van der Waals surface area contributed by atoms with Gasteiger partial charge in [0.1, 0.15) is 23.1 Å². The minimum Gasteiger partial charge on any atom is -0.478 e. The first kappa shape index (κ1) is 14.7. The van der Waals surface area contributed by atoms with E-state index < -0.39 is 17.6 Å². The topological polar surface area (TPSA) is 46.5 Å². The fraction of sp³-hybridized carbons (Fsp3) is 0.0625. The van der Waals surface area contributed by atoms with Crippen molar-refractivity contribution in [1.82, 2.24) is 0 Å². The Kier molecular flexibility index (Phi) is 4.33. The van der Waals surface area contributed by atoms with Gasteiger partial charge in [0, 0.05) is 24.3 Å². The van der Waals surface area contributed by atoms with Crippen LogP contribution in [0.15, 0.2) is 42.5 Å². The van der Waals surface area contributed by atoms with E-state index in [1.807, 2.05) is 0 Å². The van der Waals surface area contributed by atoms with Crippen molar-refractivity contribution in [3.8, 4) is 11.5 Å². The molecule has 108 valence electrons. The molecule has 0 saturated heterocycles. The van der Waals surface area contributed by atoms with Crippen LogP contribution < -0.4 is 4.74 Å². The highest BCUT2D eigenvalue weighted by atomic mass is 19.1. The molecule has 2 aromatic rings. The van der Waals surface area contributed by atoms with Crippen molar-refractivity contribution in [2.24, 2.45) is 0 Å². The molecule has 2 rings (SSSR count). The van der Waals surface area contributed by atoms with Crippen LogP contribution >= 0.6 is 0 Å². The first-order valence-electron chi connectivity index (χ1n) is 6.09. The Morgan fingerprint density at radius 2 is 1.81 bits per heavy atom. The quantitative estimate of drug-likeness (QED) is 0.860. The van der Waals surface area contributed by atoms with Gasteiger partial charge in [-0.2, -0.15) is 0 Å². The zero-order valence-electron chi connectivity index (χ0n) is 11.1. The SMILES string of the molecule is Cc1cc(C=CC(=O)O)ccc1Oc1cc(F)cc(F)c1. The predicted octanol–water partition coefficient (Wildman–Crippen LogP) is 4.16. The van der Waals surface area contributed by atoms with E-state index in [4.69, 9.17) is 9.84 Å². The van der Waals surface area contributed by atoms with Gasteiger partial charge in [0.15, 0.2) is 0 Å². The molecule has 2 aromatic carbocycles. The van der Waals surface area contributed by atoms with E-state index in [1.165, 1.54) is 6.08 Å². The number of hydrogen-bond acceptors (Lipinski definition) is 2. The summed E-state index contributed by atoms with van der Waals surface area (Å²) < 4.78 is 31.6. The number of rotatable bonds is 4.